The van der Waals surface area contributed by atoms with E-state index in [9.17, 15) is 4.79 Å². The molecular weight excluding hydrogens is 314 g/mol. The highest BCUT2D eigenvalue weighted by molar-refractivity contribution is 5.78. The number of methoxy groups -OCH3 is 1. The molecule has 25 heavy (non-hydrogen) atoms. The number of carbonyl (C=O) groups is 1. The summed E-state index contributed by atoms with van der Waals surface area (Å²) in [5, 5.41) is 0. The van der Waals surface area contributed by atoms with E-state index >= 15 is 0 Å². The Morgan fingerprint density at radius 3 is 2.68 bits per heavy atom. The second-order valence-electron chi connectivity index (χ2n) is 7.13. The number of para-hydroxylation sites is 1. The highest BCUT2D eigenvalue weighted by atomic mass is 16.5. The number of amides is 1. The molecule has 1 fully saturated rings. The van der Waals surface area contributed by atoms with Gasteiger partial charge in [0, 0.05) is 31.2 Å². The zero-order chi connectivity index (χ0) is 18.4. The number of rotatable bonds is 7. The van der Waals surface area contributed by atoms with E-state index in [1.807, 2.05) is 31.3 Å². The number of ether oxygens (including phenoxy) is 1. The van der Waals surface area contributed by atoms with Crippen molar-refractivity contribution in [2.24, 2.45) is 0 Å². The van der Waals surface area contributed by atoms with Crippen molar-refractivity contribution in [3.05, 3.63) is 29.8 Å². The van der Waals surface area contributed by atoms with Gasteiger partial charge in [0.25, 0.3) is 0 Å². The zero-order valence-electron chi connectivity index (χ0n) is 16.4. The maximum absolute atomic E-state index is 12.6. The van der Waals surface area contributed by atoms with Crippen LogP contribution in [0.2, 0.25) is 0 Å². The third kappa shape index (κ3) is 5.19. The van der Waals surface area contributed by atoms with Crippen LogP contribution >= 0.6 is 0 Å². The Kier molecular flexibility index (Phi) is 7.26. The molecule has 0 spiro atoms. The highest BCUT2D eigenvalue weighted by Crippen LogP contribution is 2.21. The first-order valence-electron chi connectivity index (χ1n) is 9.26. The van der Waals surface area contributed by atoms with E-state index in [0.717, 1.165) is 37.2 Å². The van der Waals surface area contributed by atoms with Crippen LogP contribution in [0, 0.1) is 0 Å². The molecule has 1 amide bonds. The standard InChI is InChI=1S/C20H33N3O2/c1-6-23-12-11-18(13-16(23)2)21(3)15-20(24)22(4)14-17-9-7-8-10-19(17)25-5/h7-10,16,18H,6,11-15H2,1-5H3/t16-,18-/m1/s1. The predicted octanol–water partition coefficient (Wildman–Crippen LogP) is 2.46. The number of piperidine rings is 1. The Hall–Kier alpha value is -1.59. The molecule has 0 aliphatic carbocycles. The molecule has 0 radical (unpaired) electrons. The second kappa shape index (κ2) is 9.20. The van der Waals surface area contributed by atoms with Crippen molar-refractivity contribution in [2.45, 2.75) is 45.3 Å². The highest BCUT2D eigenvalue weighted by Gasteiger charge is 2.28. The van der Waals surface area contributed by atoms with E-state index in [1.54, 1.807) is 12.0 Å². The van der Waals surface area contributed by atoms with Crippen molar-refractivity contribution in [1.82, 2.24) is 14.7 Å². The minimum atomic E-state index is 0.152. The van der Waals surface area contributed by atoms with Crippen molar-refractivity contribution in [3.63, 3.8) is 0 Å². The van der Waals surface area contributed by atoms with Gasteiger partial charge < -0.3 is 14.5 Å². The summed E-state index contributed by atoms with van der Waals surface area (Å²) in [7, 11) is 5.61. The van der Waals surface area contributed by atoms with Crippen LogP contribution in [0.4, 0.5) is 0 Å². The molecule has 2 rings (SSSR count). The van der Waals surface area contributed by atoms with Crippen LogP contribution < -0.4 is 4.74 Å². The van der Waals surface area contributed by atoms with Gasteiger partial charge in [-0.25, -0.2) is 0 Å². The molecule has 0 unspecified atom stereocenters. The number of hydrogen-bond donors (Lipinski definition) is 0. The Balaban J connectivity index is 1.88. The molecular formula is C20H33N3O2. The molecule has 0 saturated carbocycles. The molecule has 0 bridgehead atoms. The summed E-state index contributed by atoms with van der Waals surface area (Å²) in [5.41, 5.74) is 1.04. The average molecular weight is 348 g/mol. The Morgan fingerprint density at radius 2 is 2.04 bits per heavy atom. The van der Waals surface area contributed by atoms with Crippen molar-refractivity contribution in [3.8, 4) is 5.75 Å². The van der Waals surface area contributed by atoms with E-state index in [2.05, 4.69) is 30.7 Å². The molecule has 2 atom stereocenters. The van der Waals surface area contributed by atoms with Crippen LogP contribution in [-0.2, 0) is 11.3 Å². The molecule has 0 N–H and O–H groups in total. The van der Waals surface area contributed by atoms with Crippen LogP contribution in [0.3, 0.4) is 0 Å². The minimum Gasteiger partial charge on any atom is -0.496 e. The lowest BCUT2D eigenvalue weighted by atomic mass is 9.97. The van der Waals surface area contributed by atoms with Gasteiger partial charge in [-0.3, -0.25) is 9.69 Å². The topological polar surface area (TPSA) is 36.0 Å². The molecule has 1 aromatic carbocycles. The van der Waals surface area contributed by atoms with E-state index in [0.29, 0.717) is 25.2 Å². The van der Waals surface area contributed by atoms with Gasteiger partial charge >= 0.3 is 0 Å². The monoisotopic (exact) mass is 347 g/mol. The maximum atomic E-state index is 12.6. The Labute approximate surface area is 152 Å². The molecule has 1 aliphatic heterocycles. The van der Waals surface area contributed by atoms with Gasteiger partial charge in [-0.05, 0) is 46.0 Å². The van der Waals surface area contributed by atoms with E-state index in [1.165, 1.54) is 0 Å². The Bertz CT molecular complexity index is 564. The molecule has 5 heteroatoms. The fourth-order valence-corrected chi connectivity index (χ4v) is 3.71. The summed E-state index contributed by atoms with van der Waals surface area (Å²) in [4.78, 5) is 19.2. The number of likely N-dealkylation sites (N-methyl/N-ethyl adjacent to an activating group) is 2. The van der Waals surface area contributed by atoms with Crippen molar-refractivity contribution >= 4 is 5.91 Å². The zero-order valence-corrected chi connectivity index (χ0v) is 16.4. The molecule has 1 aliphatic rings. The van der Waals surface area contributed by atoms with Crippen LogP contribution in [0.1, 0.15) is 32.3 Å². The fraction of sp³-hybridized carbons (Fsp3) is 0.650. The third-order valence-electron chi connectivity index (χ3n) is 5.43. The van der Waals surface area contributed by atoms with Crippen molar-refractivity contribution < 1.29 is 9.53 Å². The van der Waals surface area contributed by atoms with Crippen LogP contribution in [0.15, 0.2) is 24.3 Å². The lowest BCUT2D eigenvalue weighted by Crippen LogP contribution is -2.49. The number of likely N-dealkylation sites (tertiary alicyclic amines) is 1. The summed E-state index contributed by atoms with van der Waals surface area (Å²) < 4.78 is 5.38. The van der Waals surface area contributed by atoms with E-state index in [4.69, 9.17) is 4.74 Å². The van der Waals surface area contributed by atoms with Gasteiger partial charge in [-0.2, -0.15) is 0 Å². The van der Waals surface area contributed by atoms with E-state index < -0.39 is 0 Å². The molecule has 140 valence electrons. The van der Waals surface area contributed by atoms with Gasteiger partial charge in [-0.15, -0.1) is 0 Å². The summed E-state index contributed by atoms with van der Waals surface area (Å²) in [6.45, 7) is 7.78. The van der Waals surface area contributed by atoms with Crippen LogP contribution in [0.25, 0.3) is 0 Å². The lowest BCUT2D eigenvalue weighted by molar-refractivity contribution is -0.132. The Morgan fingerprint density at radius 1 is 1.32 bits per heavy atom. The lowest BCUT2D eigenvalue weighted by Gasteiger charge is -2.40. The fourth-order valence-electron chi connectivity index (χ4n) is 3.71. The van der Waals surface area contributed by atoms with Gasteiger partial charge in [0.15, 0.2) is 0 Å². The number of hydrogen-bond acceptors (Lipinski definition) is 4. The normalized spacial score (nSPS) is 21.4. The van der Waals surface area contributed by atoms with Gasteiger partial charge in [0.1, 0.15) is 5.75 Å². The maximum Gasteiger partial charge on any atom is 0.236 e. The summed E-state index contributed by atoms with van der Waals surface area (Å²) >= 11 is 0. The summed E-state index contributed by atoms with van der Waals surface area (Å²) in [6, 6.07) is 8.94. The van der Waals surface area contributed by atoms with Gasteiger partial charge in [-0.1, -0.05) is 25.1 Å². The third-order valence-corrected chi connectivity index (χ3v) is 5.43. The first-order valence-corrected chi connectivity index (χ1v) is 9.26. The number of carbonyl (C=O) groups excluding carboxylic acids is 1. The smallest absolute Gasteiger partial charge is 0.236 e. The second-order valence-corrected chi connectivity index (χ2v) is 7.13. The van der Waals surface area contributed by atoms with Crippen molar-refractivity contribution in [1.29, 1.82) is 0 Å². The average Bonchev–Trinajstić information content (AvgIpc) is 2.61. The molecule has 1 aromatic rings. The molecule has 1 saturated heterocycles. The van der Waals surface area contributed by atoms with Crippen molar-refractivity contribution in [2.75, 3.05) is 40.8 Å². The predicted molar refractivity (Wildman–Crippen MR) is 102 cm³/mol. The van der Waals surface area contributed by atoms with Crippen LogP contribution in [0.5, 0.6) is 5.75 Å². The minimum absolute atomic E-state index is 0.152. The molecule has 1 heterocycles. The summed E-state index contributed by atoms with van der Waals surface area (Å²) in [5.74, 6) is 0.982. The first-order chi connectivity index (χ1) is 12.0. The number of nitrogens with zero attached hydrogens (tertiary/aromatic N) is 3. The van der Waals surface area contributed by atoms with Gasteiger partial charge in [0.2, 0.25) is 5.91 Å². The quantitative estimate of drug-likeness (QED) is 0.759. The number of benzene rings is 1. The largest absolute Gasteiger partial charge is 0.496 e. The summed E-state index contributed by atoms with van der Waals surface area (Å²) in [6.07, 6.45) is 2.27. The van der Waals surface area contributed by atoms with Gasteiger partial charge in [0.05, 0.1) is 13.7 Å². The van der Waals surface area contributed by atoms with Crippen LogP contribution in [-0.4, -0.2) is 73.5 Å². The molecule has 5 nitrogen and oxygen atoms in total. The molecule has 0 aromatic heterocycles. The SMILES string of the molecule is CCN1CC[C@@H](N(C)CC(=O)N(C)Cc2ccccc2OC)C[C@H]1C. The first kappa shape index (κ1) is 19.7. The van der Waals surface area contributed by atoms with E-state index in [-0.39, 0.29) is 5.91 Å².